The summed E-state index contributed by atoms with van der Waals surface area (Å²) in [5, 5.41) is 22.5. The Morgan fingerprint density at radius 2 is 1.92 bits per heavy atom. The van der Waals surface area contributed by atoms with Crippen molar-refractivity contribution in [3.8, 4) is 11.5 Å². The summed E-state index contributed by atoms with van der Waals surface area (Å²) in [6.07, 6.45) is 5.76. The fraction of sp³-hybridized carbons (Fsp3) is 0.0588. The zero-order chi connectivity index (χ0) is 16.9. The summed E-state index contributed by atoms with van der Waals surface area (Å²) in [5.74, 6) is 0.246. The molecule has 3 rings (SSSR count). The minimum absolute atomic E-state index is 0.125. The first-order valence-corrected chi connectivity index (χ1v) is 7.15. The van der Waals surface area contributed by atoms with Crippen LogP contribution in [-0.2, 0) is 6.42 Å². The molecule has 0 N–H and O–H groups in total. The molecule has 120 valence electrons. The Kier molecular flexibility index (Phi) is 4.33. The molecular formula is C17H13N3O4. The molecular weight excluding hydrogens is 310 g/mol. The molecule has 0 amide bonds. The predicted octanol–water partition coefficient (Wildman–Crippen LogP) is 3.01. The van der Waals surface area contributed by atoms with E-state index in [2.05, 4.69) is 4.98 Å². The molecule has 7 heteroatoms. The van der Waals surface area contributed by atoms with Gasteiger partial charge >= 0.3 is 5.69 Å². The van der Waals surface area contributed by atoms with Gasteiger partial charge in [0.1, 0.15) is 5.75 Å². The molecule has 0 saturated heterocycles. The molecule has 0 saturated carbocycles. The van der Waals surface area contributed by atoms with Gasteiger partial charge in [-0.15, -0.1) is 0 Å². The van der Waals surface area contributed by atoms with Crippen molar-refractivity contribution in [2.24, 2.45) is 0 Å². The molecule has 0 unspecified atom stereocenters. The van der Waals surface area contributed by atoms with Crippen LogP contribution in [0.1, 0.15) is 11.1 Å². The monoisotopic (exact) mass is 323 g/mol. The Morgan fingerprint density at radius 1 is 1.12 bits per heavy atom. The summed E-state index contributed by atoms with van der Waals surface area (Å²) in [6, 6.07) is 12.6. The molecule has 0 fully saturated rings. The van der Waals surface area contributed by atoms with E-state index in [-0.39, 0.29) is 11.4 Å². The van der Waals surface area contributed by atoms with E-state index in [0.29, 0.717) is 16.9 Å². The molecule has 7 nitrogen and oxygen atoms in total. The highest BCUT2D eigenvalue weighted by molar-refractivity contribution is 5.46. The van der Waals surface area contributed by atoms with E-state index in [1.165, 1.54) is 6.20 Å². The standard InChI is InChI=1S/C17H13N3O4/c21-19-9-7-15(20(22)23)17(12-19)24-16-11-18-8-6-14(16)10-13-4-2-1-3-5-13/h1-9,11-12H,10H2. The van der Waals surface area contributed by atoms with Crippen LogP contribution in [0.2, 0.25) is 0 Å². The molecule has 2 aromatic heterocycles. The van der Waals surface area contributed by atoms with Crippen LogP contribution >= 0.6 is 0 Å². The first-order valence-electron chi connectivity index (χ1n) is 7.15. The van der Waals surface area contributed by atoms with Crippen molar-refractivity contribution < 1.29 is 14.4 Å². The van der Waals surface area contributed by atoms with E-state index in [1.54, 1.807) is 12.3 Å². The van der Waals surface area contributed by atoms with Gasteiger partial charge in [-0.05, 0) is 11.6 Å². The van der Waals surface area contributed by atoms with Crippen LogP contribution in [0.3, 0.4) is 0 Å². The second-order valence-corrected chi connectivity index (χ2v) is 5.06. The van der Waals surface area contributed by atoms with Crippen LogP contribution in [0.25, 0.3) is 0 Å². The van der Waals surface area contributed by atoms with Crippen molar-refractivity contribution in [3.63, 3.8) is 0 Å². The average molecular weight is 323 g/mol. The van der Waals surface area contributed by atoms with E-state index in [9.17, 15) is 15.3 Å². The predicted molar refractivity (Wildman–Crippen MR) is 85.6 cm³/mol. The molecule has 2 heterocycles. The Balaban J connectivity index is 1.94. The minimum Gasteiger partial charge on any atom is -0.619 e. The van der Waals surface area contributed by atoms with Crippen LogP contribution in [-0.4, -0.2) is 9.91 Å². The lowest BCUT2D eigenvalue weighted by Crippen LogP contribution is -2.24. The van der Waals surface area contributed by atoms with Crippen molar-refractivity contribution in [3.05, 3.63) is 93.7 Å². The lowest BCUT2D eigenvalue weighted by Gasteiger charge is -2.10. The van der Waals surface area contributed by atoms with E-state index >= 15 is 0 Å². The van der Waals surface area contributed by atoms with Crippen LogP contribution in [0.15, 0.2) is 67.3 Å². The van der Waals surface area contributed by atoms with Crippen molar-refractivity contribution >= 4 is 5.69 Å². The maximum absolute atomic E-state index is 11.4. The minimum atomic E-state index is -0.595. The lowest BCUT2D eigenvalue weighted by molar-refractivity contribution is -0.606. The van der Waals surface area contributed by atoms with Crippen LogP contribution in [0.4, 0.5) is 5.69 Å². The van der Waals surface area contributed by atoms with Gasteiger partial charge < -0.3 is 9.94 Å². The topological polar surface area (TPSA) is 92.2 Å². The van der Waals surface area contributed by atoms with Crippen molar-refractivity contribution in [1.29, 1.82) is 0 Å². The molecule has 0 spiro atoms. The molecule has 0 radical (unpaired) electrons. The Hall–Kier alpha value is -3.48. The number of hydrogen-bond acceptors (Lipinski definition) is 5. The number of nitrogens with zero attached hydrogens (tertiary/aromatic N) is 3. The first-order chi connectivity index (χ1) is 11.6. The van der Waals surface area contributed by atoms with Gasteiger partial charge in [0.2, 0.25) is 6.20 Å². The van der Waals surface area contributed by atoms with Gasteiger partial charge in [-0.1, -0.05) is 30.3 Å². The normalized spacial score (nSPS) is 10.3. The number of hydrogen-bond donors (Lipinski definition) is 0. The molecule has 0 aliphatic rings. The van der Waals surface area contributed by atoms with Crippen LogP contribution in [0.5, 0.6) is 11.5 Å². The number of pyridine rings is 2. The smallest absolute Gasteiger partial charge is 0.323 e. The SMILES string of the molecule is O=[N+]([O-])c1cc[n+]([O-])cc1Oc1cnccc1Cc1ccccc1. The maximum Gasteiger partial charge on any atom is 0.323 e. The Bertz CT molecular complexity index is 869. The Morgan fingerprint density at radius 3 is 2.67 bits per heavy atom. The zero-order valence-electron chi connectivity index (χ0n) is 12.5. The van der Waals surface area contributed by atoms with Gasteiger partial charge in [-0.2, -0.15) is 4.73 Å². The molecule has 0 bridgehead atoms. The summed E-state index contributed by atoms with van der Waals surface area (Å²) in [7, 11) is 0. The highest BCUT2D eigenvalue weighted by Gasteiger charge is 2.20. The van der Waals surface area contributed by atoms with Crippen LogP contribution < -0.4 is 9.47 Å². The third kappa shape index (κ3) is 3.46. The number of rotatable bonds is 5. The summed E-state index contributed by atoms with van der Waals surface area (Å²) in [4.78, 5) is 14.5. The average Bonchev–Trinajstić information content (AvgIpc) is 2.57. The molecule has 0 aliphatic heterocycles. The summed E-state index contributed by atoms with van der Waals surface area (Å²) in [6.45, 7) is 0. The third-order valence-corrected chi connectivity index (χ3v) is 3.40. The van der Waals surface area contributed by atoms with Crippen LogP contribution in [0, 0.1) is 15.3 Å². The number of nitro groups is 1. The molecule has 3 aromatic rings. The van der Waals surface area contributed by atoms with E-state index < -0.39 is 4.92 Å². The van der Waals surface area contributed by atoms with E-state index in [0.717, 1.165) is 29.6 Å². The molecule has 24 heavy (non-hydrogen) atoms. The summed E-state index contributed by atoms with van der Waals surface area (Å²) >= 11 is 0. The Labute approximate surface area is 137 Å². The fourth-order valence-electron chi connectivity index (χ4n) is 2.26. The largest absolute Gasteiger partial charge is 0.619 e. The zero-order valence-corrected chi connectivity index (χ0v) is 12.5. The lowest BCUT2D eigenvalue weighted by atomic mass is 10.1. The third-order valence-electron chi connectivity index (χ3n) is 3.40. The summed E-state index contributed by atoms with van der Waals surface area (Å²) < 4.78 is 6.08. The highest BCUT2D eigenvalue weighted by atomic mass is 16.6. The van der Waals surface area contributed by atoms with E-state index in [4.69, 9.17) is 4.74 Å². The molecule has 0 aliphatic carbocycles. The number of benzene rings is 1. The van der Waals surface area contributed by atoms with Gasteiger partial charge in [0, 0.05) is 18.2 Å². The second kappa shape index (κ2) is 6.74. The van der Waals surface area contributed by atoms with Crippen molar-refractivity contribution in [2.75, 3.05) is 0 Å². The maximum atomic E-state index is 11.4. The van der Waals surface area contributed by atoms with Crippen molar-refractivity contribution in [2.45, 2.75) is 6.42 Å². The number of aromatic nitrogens is 2. The highest BCUT2D eigenvalue weighted by Crippen LogP contribution is 2.31. The summed E-state index contributed by atoms with van der Waals surface area (Å²) in [5.41, 5.74) is 1.60. The van der Waals surface area contributed by atoms with Gasteiger partial charge in [-0.25, -0.2) is 0 Å². The van der Waals surface area contributed by atoms with Gasteiger partial charge in [0.25, 0.3) is 5.75 Å². The number of ether oxygens (including phenoxy) is 1. The first kappa shape index (κ1) is 15.4. The van der Waals surface area contributed by atoms with Gasteiger partial charge in [-0.3, -0.25) is 15.1 Å². The van der Waals surface area contributed by atoms with Crippen molar-refractivity contribution in [1.82, 2.24) is 4.98 Å². The quantitative estimate of drug-likeness (QED) is 0.311. The second-order valence-electron chi connectivity index (χ2n) is 5.06. The fourth-order valence-corrected chi connectivity index (χ4v) is 2.26. The molecule has 1 aromatic carbocycles. The van der Waals surface area contributed by atoms with Gasteiger partial charge in [0.15, 0.2) is 6.20 Å². The molecule has 0 atom stereocenters. The van der Waals surface area contributed by atoms with Gasteiger partial charge in [0.05, 0.1) is 17.2 Å². The van der Waals surface area contributed by atoms with E-state index in [1.807, 2.05) is 30.3 Å².